The Labute approximate surface area is 153 Å². The van der Waals surface area contributed by atoms with Crippen LogP contribution in [0.15, 0.2) is 41.6 Å². The normalized spacial score (nSPS) is 11.2. The average Bonchev–Trinajstić information content (AvgIpc) is 2.62. The number of aromatic nitrogens is 2. The molecule has 0 fully saturated rings. The van der Waals surface area contributed by atoms with Gasteiger partial charge in [-0.15, -0.1) is 0 Å². The molecule has 0 unspecified atom stereocenters. The molecule has 0 N–H and O–H groups in total. The molecular weight excluding hydrogens is 338 g/mol. The quantitative estimate of drug-likeness (QED) is 0.326. The van der Waals surface area contributed by atoms with Crippen molar-refractivity contribution >= 4 is 11.8 Å². The highest BCUT2D eigenvalue weighted by molar-refractivity contribution is 7.99. The number of alkyl halides is 2. The molecule has 5 heteroatoms. The molecule has 2 nitrogen and oxygen atoms in total. The SMILES string of the molecule is CCCCCCCCCc1cnc(-c2ccc(SC(F)F)cc2)nc1. The zero-order chi connectivity index (χ0) is 17.9. The van der Waals surface area contributed by atoms with Gasteiger partial charge < -0.3 is 0 Å². The molecule has 0 bridgehead atoms. The highest BCUT2D eigenvalue weighted by atomic mass is 32.2. The summed E-state index contributed by atoms with van der Waals surface area (Å²) >= 11 is 0.548. The van der Waals surface area contributed by atoms with Crippen LogP contribution in [0.2, 0.25) is 0 Å². The molecule has 2 rings (SSSR count). The minimum absolute atomic E-state index is 0.548. The summed E-state index contributed by atoms with van der Waals surface area (Å²) in [5.74, 6) is -1.76. The van der Waals surface area contributed by atoms with Crippen molar-refractivity contribution in [1.82, 2.24) is 9.97 Å². The fourth-order valence-corrected chi connectivity index (χ4v) is 3.20. The first-order valence-corrected chi connectivity index (χ1v) is 9.93. The van der Waals surface area contributed by atoms with Gasteiger partial charge in [-0.1, -0.05) is 69.3 Å². The van der Waals surface area contributed by atoms with Crippen LogP contribution in [0.4, 0.5) is 8.78 Å². The Balaban J connectivity index is 1.77. The van der Waals surface area contributed by atoms with E-state index in [1.807, 2.05) is 12.4 Å². The minimum atomic E-state index is -2.40. The van der Waals surface area contributed by atoms with E-state index in [1.54, 1.807) is 24.3 Å². The summed E-state index contributed by atoms with van der Waals surface area (Å²) in [7, 11) is 0. The molecule has 0 aliphatic rings. The predicted octanol–water partition coefficient (Wildman–Crippen LogP) is 6.75. The van der Waals surface area contributed by atoms with E-state index in [9.17, 15) is 8.78 Å². The van der Waals surface area contributed by atoms with Gasteiger partial charge in [0.05, 0.1) is 0 Å². The van der Waals surface area contributed by atoms with E-state index >= 15 is 0 Å². The van der Waals surface area contributed by atoms with Gasteiger partial charge in [0.15, 0.2) is 5.82 Å². The molecule has 0 radical (unpaired) electrons. The number of hydrogen-bond acceptors (Lipinski definition) is 3. The number of nitrogens with zero attached hydrogens (tertiary/aromatic N) is 2. The van der Waals surface area contributed by atoms with Crippen LogP contribution in [0.1, 0.15) is 57.4 Å². The third-order valence-corrected chi connectivity index (χ3v) is 4.83. The van der Waals surface area contributed by atoms with Crippen molar-refractivity contribution in [2.24, 2.45) is 0 Å². The lowest BCUT2D eigenvalue weighted by Gasteiger charge is -2.05. The molecule has 136 valence electrons. The van der Waals surface area contributed by atoms with Crippen LogP contribution >= 0.6 is 11.8 Å². The van der Waals surface area contributed by atoms with Crippen molar-refractivity contribution in [3.8, 4) is 11.4 Å². The zero-order valence-electron chi connectivity index (χ0n) is 14.8. The third-order valence-electron chi connectivity index (χ3n) is 4.11. The topological polar surface area (TPSA) is 25.8 Å². The van der Waals surface area contributed by atoms with Crippen LogP contribution in [-0.2, 0) is 6.42 Å². The van der Waals surface area contributed by atoms with Crippen LogP contribution in [0.25, 0.3) is 11.4 Å². The predicted molar refractivity (Wildman–Crippen MR) is 101 cm³/mol. The maximum absolute atomic E-state index is 12.3. The maximum Gasteiger partial charge on any atom is 0.288 e. The van der Waals surface area contributed by atoms with Gasteiger partial charge in [0, 0.05) is 22.9 Å². The average molecular weight is 365 g/mol. The van der Waals surface area contributed by atoms with Crippen molar-refractivity contribution in [3.05, 3.63) is 42.2 Å². The summed E-state index contributed by atoms with van der Waals surface area (Å²) in [5.41, 5.74) is 2.00. The summed E-state index contributed by atoms with van der Waals surface area (Å²) in [6.07, 6.45) is 13.8. The third kappa shape index (κ3) is 7.51. The van der Waals surface area contributed by atoms with Crippen molar-refractivity contribution in [2.45, 2.75) is 68.9 Å². The maximum atomic E-state index is 12.3. The van der Waals surface area contributed by atoms with E-state index < -0.39 is 5.76 Å². The van der Waals surface area contributed by atoms with Crippen LogP contribution < -0.4 is 0 Å². The van der Waals surface area contributed by atoms with Crippen molar-refractivity contribution in [3.63, 3.8) is 0 Å². The summed E-state index contributed by atoms with van der Waals surface area (Å²) in [4.78, 5) is 9.38. The Morgan fingerprint density at radius 3 is 2.08 bits per heavy atom. The highest BCUT2D eigenvalue weighted by Crippen LogP contribution is 2.27. The van der Waals surface area contributed by atoms with Gasteiger partial charge in [-0.25, -0.2) is 9.97 Å². The Bertz CT molecular complexity index is 600. The number of hydrogen-bond donors (Lipinski definition) is 0. The molecule has 0 amide bonds. The fraction of sp³-hybridized carbons (Fsp3) is 0.500. The molecule has 0 saturated carbocycles. The standard InChI is InChI=1S/C20H26F2N2S/c1-2-3-4-5-6-7-8-9-16-14-23-19(24-15-16)17-10-12-18(13-11-17)25-20(21)22/h10-15,20H,2-9H2,1H3. The number of aryl methyl sites for hydroxylation is 1. The van der Waals surface area contributed by atoms with E-state index in [4.69, 9.17) is 0 Å². The van der Waals surface area contributed by atoms with Gasteiger partial charge in [-0.05, 0) is 30.5 Å². The molecule has 1 aromatic heterocycles. The van der Waals surface area contributed by atoms with Crippen LogP contribution in [0.5, 0.6) is 0 Å². The van der Waals surface area contributed by atoms with Gasteiger partial charge in [-0.3, -0.25) is 0 Å². The number of halogens is 2. The molecule has 2 aromatic rings. The van der Waals surface area contributed by atoms with E-state index in [1.165, 1.54) is 44.9 Å². The van der Waals surface area contributed by atoms with Crippen molar-refractivity contribution in [1.29, 1.82) is 0 Å². The number of benzene rings is 1. The van der Waals surface area contributed by atoms with E-state index in [0.717, 1.165) is 17.5 Å². The largest absolute Gasteiger partial charge is 0.288 e. The number of unbranched alkanes of at least 4 members (excludes halogenated alkanes) is 6. The van der Waals surface area contributed by atoms with E-state index in [2.05, 4.69) is 16.9 Å². The lowest BCUT2D eigenvalue weighted by molar-refractivity contribution is 0.252. The molecule has 1 aromatic carbocycles. The van der Waals surface area contributed by atoms with E-state index in [-0.39, 0.29) is 0 Å². The first-order chi connectivity index (χ1) is 12.2. The molecule has 0 spiro atoms. The zero-order valence-corrected chi connectivity index (χ0v) is 15.6. The first-order valence-electron chi connectivity index (χ1n) is 9.05. The number of rotatable bonds is 11. The van der Waals surface area contributed by atoms with Gasteiger partial charge in [0.25, 0.3) is 5.76 Å². The monoisotopic (exact) mass is 364 g/mol. The Morgan fingerprint density at radius 1 is 0.880 bits per heavy atom. The molecule has 0 saturated heterocycles. The number of thioether (sulfide) groups is 1. The van der Waals surface area contributed by atoms with Crippen molar-refractivity contribution in [2.75, 3.05) is 0 Å². The lowest BCUT2D eigenvalue weighted by atomic mass is 10.1. The van der Waals surface area contributed by atoms with Gasteiger partial charge in [-0.2, -0.15) is 8.78 Å². The second-order valence-electron chi connectivity index (χ2n) is 6.19. The van der Waals surface area contributed by atoms with Crippen LogP contribution in [0, 0.1) is 0 Å². The van der Waals surface area contributed by atoms with Crippen LogP contribution in [-0.4, -0.2) is 15.7 Å². The molecule has 0 aliphatic heterocycles. The Kier molecular flexibility index (Phi) is 8.87. The van der Waals surface area contributed by atoms with Crippen molar-refractivity contribution < 1.29 is 8.78 Å². The van der Waals surface area contributed by atoms with Gasteiger partial charge >= 0.3 is 0 Å². The Hall–Kier alpha value is -1.49. The summed E-state index contributed by atoms with van der Waals surface area (Å²) in [5, 5.41) is 0. The van der Waals surface area contributed by atoms with E-state index in [0.29, 0.717) is 22.5 Å². The second-order valence-corrected chi connectivity index (χ2v) is 7.25. The summed E-state index contributed by atoms with van der Waals surface area (Å²) in [6.45, 7) is 2.24. The minimum Gasteiger partial charge on any atom is -0.236 e. The summed E-state index contributed by atoms with van der Waals surface area (Å²) < 4.78 is 24.7. The van der Waals surface area contributed by atoms with Crippen LogP contribution in [0.3, 0.4) is 0 Å². The molecule has 25 heavy (non-hydrogen) atoms. The lowest BCUT2D eigenvalue weighted by Crippen LogP contribution is -1.93. The Morgan fingerprint density at radius 2 is 1.48 bits per heavy atom. The van der Waals surface area contributed by atoms with Gasteiger partial charge in [0.2, 0.25) is 0 Å². The fourth-order valence-electron chi connectivity index (χ4n) is 2.70. The molecule has 0 aliphatic carbocycles. The van der Waals surface area contributed by atoms with Gasteiger partial charge in [0.1, 0.15) is 0 Å². The smallest absolute Gasteiger partial charge is 0.236 e. The summed E-state index contributed by atoms with van der Waals surface area (Å²) in [6, 6.07) is 6.94. The molecule has 1 heterocycles. The first kappa shape index (κ1) is 19.8. The second kappa shape index (κ2) is 11.2. The highest BCUT2D eigenvalue weighted by Gasteiger charge is 2.06. The molecule has 0 atom stereocenters. The molecular formula is C20H26F2N2S.